The zero-order valence-corrected chi connectivity index (χ0v) is 11.9. The summed E-state index contributed by atoms with van der Waals surface area (Å²) in [5.41, 5.74) is 3.00. The zero-order valence-electron chi connectivity index (χ0n) is 11.9. The standard InChI is InChI=1S/C15H19N5/c1-12(2)9-17-10-15-11-18-19-20(15)14-5-3-13(4-6-14)7-8-16/h3-6,11-12,17H,7,9-10H2,1-2H3. The van der Waals surface area contributed by atoms with Crippen molar-refractivity contribution in [1.29, 1.82) is 5.26 Å². The van der Waals surface area contributed by atoms with Crippen molar-refractivity contribution < 1.29 is 0 Å². The van der Waals surface area contributed by atoms with Crippen LogP contribution in [0.1, 0.15) is 25.1 Å². The lowest BCUT2D eigenvalue weighted by atomic mass is 10.1. The molecule has 5 heteroatoms. The van der Waals surface area contributed by atoms with Gasteiger partial charge in [0.15, 0.2) is 0 Å². The lowest BCUT2D eigenvalue weighted by Gasteiger charge is -2.09. The molecule has 5 nitrogen and oxygen atoms in total. The van der Waals surface area contributed by atoms with Gasteiger partial charge in [-0.25, -0.2) is 4.68 Å². The molecule has 1 heterocycles. The van der Waals surface area contributed by atoms with Crippen LogP contribution in [-0.2, 0) is 13.0 Å². The summed E-state index contributed by atoms with van der Waals surface area (Å²) in [6.45, 7) is 6.06. The molecule has 0 saturated carbocycles. The molecule has 0 aliphatic rings. The fraction of sp³-hybridized carbons (Fsp3) is 0.400. The average molecular weight is 269 g/mol. The molecular formula is C15H19N5. The lowest BCUT2D eigenvalue weighted by Crippen LogP contribution is -2.20. The minimum atomic E-state index is 0.431. The number of nitrogens with zero attached hydrogens (tertiary/aromatic N) is 4. The van der Waals surface area contributed by atoms with Gasteiger partial charge >= 0.3 is 0 Å². The lowest BCUT2D eigenvalue weighted by molar-refractivity contribution is 0.542. The molecule has 2 rings (SSSR count). The third kappa shape index (κ3) is 3.65. The van der Waals surface area contributed by atoms with Crippen LogP contribution in [0.15, 0.2) is 30.5 Å². The van der Waals surface area contributed by atoms with Crippen molar-refractivity contribution in [2.24, 2.45) is 5.92 Å². The van der Waals surface area contributed by atoms with Gasteiger partial charge in [-0.2, -0.15) is 5.26 Å². The number of aromatic nitrogens is 3. The summed E-state index contributed by atoms with van der Waals surface area (Å²) >= 11 is 0. The largest absolute Gasteiger partial charge is 0.311 e. The van der Waals surface area contributed by atoms with Crippen LogP contribution < -0.4 is 5.32 Å². The van der Waals surface area contributed by atoms with E-state index in [1.54, 1.807) is 6.20 Å². The van der Waals surface area contributed by atoms with Crippen LogP contribution in [0, 0.1) is 17.2 Å². The Balaban J connectivity index is 2.09. The fourth-order valence-corrected chi connectivity index (χ4v) is 1.93. The fourth-order valence-electron chi connectivity index (χ4n) is 1.93. The summed E-state index contributed by atoms with van der Waals surface area (Å²) < 4.78 is 1.82. The second kappa shape index (κ2) is 6.83. The molecule has 0 bridgehead atoms. The van der Waals surface area contributed by atoms with Crippen LogP contribution in [0.2, 0.25) is 0 Å². The predicted octanol–water partition coefficient (Wildman–Crippen LogP) is 2.08. The molecule has 0 aliphatic carbocycles. The minimum Gasteiger partial charge on any atom is -0.311 e. The van der Waals surface area contributed by atoms with E-state index in [1.807, 2.05) is 28.9 Å². The van der Waals surface area contributed by atoms with Gasteiger partial charge in [0.2, 0.25) is 0 Å². The van der Waals surface area contributed by atoms with E-state index in [0.717, 1.165) is 30.0 Å². The molecule has 104 valence electrons. The van der Waals surface area contributed by atoms with Gasteiger partial charge in [0.25, 0.3) is 0 Å². The Bertz CT molecular complexity index is 577. The predicted molar refractivity (Wildman–Crippen MR) is 77.2 cm³/mol. The Hall–Kier alpha value is -2.19. The number of hydrogen-bond donors (Lipinski definition) is 1. The van der Waals surface area contributed by atoms with Gasteiger partial charge in [0.05, 0.1) is 30.1 Å². The average Bonchev–Trinajstić information content (AvgIpc) is 2.88. The number of rotatable bonds is 6. The van der Waals surface area contributed by atoms with E-state index in [0.29, 0.717) is 12.3 Å². The third-order valence-electron chi connectivity index (χ3n) is 2.94. The van der Waals surface area contributed by atoms with E-state index < -0.39 is 0 Å². The molecule has 0 amide bonds. The van der Waals surface area contributed by atoms with Crippen LogP contribution in [0.4, 0.5) is 0 Å². The van der Waals surface area contributed by atoms with Gasteiger partial charge in [-0.3, -0.25) is 0 Å². The van der Waals surface area contributed by atoms with Gasteiger partial charge in [-0.15, -0.1) is 5.10 Å². The normalized spacial score (nSPS) is 10.7. The number of hydrogen-bond acceptors (Lipinski definition) is 4. The molecule has 0 aliphatic heterocycles. The Morgan fingerprint density at radius 3 is 2.70 bits per heavy atom. The monoisotopic (exact) mass is 269 g/mol. The Morgan fingerprint density at radius 1 is 1.30 bits per heavy atom. The molecule has 0 unspecified atom stereocenters. The number of nitrogens with one attached hydrogen (secondary N) is 1. The first kappa shape index (κ1) is 14.2. The molecule has 1 aromatic carbocycles. The first-order chi connectivity index (χ1) is 9.70. The molecule has 1 N–H and O–H groups in total. The molecule has 1 aromatic heterocycles. The number of benzene rings is 1. The summed E-state index contributed by atoms with van der Waals surface area (Å²) in [5.74, 6) is 0.615. The van der Waals surface area contributed by atoms with E-state index in [4.69, 9.17) is 5.26 Å². The first-order valence-corrected chi connectivity index (χ1v) is 6.77. The van der Waals surface area contributed by atoms with Crippen molar-refractivity contribution in [3.8, 4) is 11.8 Å². The third-order valence-corrected chi connectivity index (χ3v) is 2.94. The van der Waals surface area contributed by atoms with Gasteiger partial charge in [-0.1, -0.05) is 31.2 Å². The van der Waals surface area contributed by atoms with E-state index in [-0.39, 0.29) is 0 Å². The van der Waals surface area contributed by atoms with Crippen LogP contribution in [0.5, 0.6) is 0 Å². The second-order valence-electron chi connectivity index (χ2n) is 5.16. The van der Waals surface area contributed by atoms with Gasteiger partial charge < -0.3 is 5.32 Å². The highest BCUT2D eigenvalue weighted by Crippen LogP contribution is 2.11. The number of nitriles is 1. The molecule has 0 saturated heterocycles. The van der Waals surface area contributed by atoms with Crippen molar-refractivity contribution >= 4 is 0 Å². The highest BCUT2D eigenvalue weighted by Gasteiger charge is 2.06. The molecule has 20 heavy (non-hydrogen) atoms. The van der Waals surface area contributed by atoms with E-state index >= 15 is 0 Å². The Labute approximate surface area is 119 Å². The van der Waals surface area contributed by atoms with Crippen molar-refractivity contribution in [3.05, 3.63) is 41.7 Å². The van der Waals surface area contributed by atoms with E-state index in [2.05, 4.69) is 35.5 Å². The van der Waals surface area contributed by atoms with Crippen molar-refractivity contribution in [2.45, 2.75) is 26.8 Å². The topological polar surface area (TPSA) is 66.5 Å². The summed E-state index contributed by atoms with van der Waals surface area (Å²) in [6.07, 6.45) is 2.21. The first-order valence-electron chi connectivity index (χ1n) is 6.77. The molecule has 0 fully saturated rings. The maximum atomic E-state index is 8.67. The Morgan fingerprint density at radius 2 is 2.05 bits per heavy atom. The SMILES string of the molecule is CC(C)CNCc1cnnn1-c1ccc(CC#N)cc1. The molecule has 0 radical (unpaired) electrons. The van der Waals surface area contributed by atoms with Crippen LogP contribution in [0.3, 0.4) is 0 Å². The van der Waals surface area contributed by atoms with Crippen molar-refractivity contribution in [2.75, 3.05) is 6.54 Å². The van der Waals surface area contributed by atoms with Crippen molar-refractivity contribution in [3.63, 3.8) is 0 Å². The zero-order chi connectivity index (χ0) is 14.4. The molecule has 0 atom stereocenters. The summed E-state index contributed by atoms with van der Waals surface area (Å²) in [6, 6.07) is 9.97. The van der Waals surface area contributed by atoms with E-state index in [1.165, 1.54) is 0 Å². The van der Waals surface area contributed by atoms with Crippen LogP contribution >= 0.6 is 0 Å². The minimum absolute atomic E-state index is 0.431. The molecule has 0 spiro atoms. The highest BCUT2D eigenvalue weighted by atomic mass is 15.4. The summed E-state index contributed by atoms with van der Waals surface area (Å²) in [7, 11) is 0. The molecular weight excluding hydrogens is 250 g/mol. The summed E-state index contributed by atoms with van der Waals surface area (Å²) in [5, 5.41) is 20.2. The van der Waals surface area contributed by atoms with Crippen molar-refractivity contribution in [1.82, 2.24) is 20.3 Å². The molecule has 2 aromatic rings. The van der Waals surface area contributed by atoms with Gasteiger partial charge in [-0.05, 0) is 30.2 Å². The van der Waals surface area contributed by atoms with Crippen LogP contribution in [0.25, 0.3) is 5.69 Å². The van der Waals surface area contributed by atoms with E-state index in [9.17, 15) is 0 Å². The van der Waals surface area contributed by atoms with Gasteiger partial charge in [0, 0.05) is 6.54 Å². The quantitative estimate of drug-likeness (QED) is 0.872. The highest BCUT2D eigenvalue weighted by molar-refractivity contribution is 5.35. The Kier molecular flexibility index (Phi) is 4.85. The maximum Gasteiger partial charge on any atom is 0.0783 e. The smallest absolute Gasteiger partial charge is 0.0783 e. The second-order valence-corrected chi connectivity index (χ2v) is 5.16. The summed E-state index contributed by atoms with van der Waals surface area (Å²) in [4.78, 5) is 0. The van der Waals surface area contributed by atoms with Gasteiger partial charge in [0.1, 0.15) is 0 Å². The van der Waals surface area contributed by atoms with Crippen LogP contribution in [-0.4, -0.2) is 21.5 Å². The maximum absolute atomic E-state index is 8.67.